The van der Waals surface area contributed by atoms with Crippen LogP contribution in [0.15, 0.2) is 60.8 Å². The average Bonchev–Trinajstić information content (AvgIpc) is 2.76. The first-order valence-corrected chi connectivity index (χ1v) is 10.3. The van der Waals surface area contributed by atoms with Gasteiger partial charge in [-0.25, -0.2) is 0 Å². The van der Waals surface area contributed by atoms with Gasteiger partial charge in [0.2, 0.25) is 0 Å². The van der Waals surface area contributed by atoms with E-state index in [0.717, 1.165) is 50.4 Å². The van der Waals surface area contributed by atoms with E-state index < -0.39 is 0 Å². The van der Waals surface area contributed by atoms with Gasteiger partial charge in [-0.3, -0.25) is 14.8 Å². The number of aromatic nitrogens is 1. The van der Waals surface area contributed by atoms with Gasteiger partial charge < -0.3 is 9.84 Å². The van der Waals surface area contributed by atoms with Crippen molar-refractivity contribution in [3.8, 4) is 5.75 Å². The highest BCUT2D eigenvalue weighted by Crippen LogP contribution is 2.23. The highest BCUT2D eigenvalue weighted by molar-refractivity contribution is 5.81. The van der Waals surface area contributed by atoms with Crippen molar-refractivity contribution in [1.82, 2.24) is 14.8 Å². The van der Waals surface area contributed by atoms with Crippen LogP contribution in [0, 0.1) is 0 Å². The lowest BCUT2D eigenvalue weighted by Gasteiger charge is -2.41. The molecule has 1 saturated heterocycles. The first-order valence-electron chi connectivity index (χ1n) is 10.3. The molecule has 1 fully saturated rings. The quantitative estimate of drug-likeness (QED) is 0.670. The molecule has 5 nitrogen and oxygen atoms in total. The van der Waals surface area contributed by atoms with Crippen LogP contribution >= 0.6 is 0 Å². The van der Waals surface area contributed by atoms with Crippen LogP contribution in [0.4, 0.5) is 0 Å². The van der Waals surface area contributed by atoms with Crippen LogP contribution in [0.1, 0.15) is 17.5 Å². The van der Waals surface area contributed by atoms with E-state index in [0.29, 0.717) is 6.04 Å². The van der Waals surface area contributed by atoms with Crippen LogP contribution in [-0.2, 0) is 13.1 Å². The van der Waals surface area contributed by atoms with Crippen LogP contribution in [0.2, 0.25) is 0 Å². The standard InChI is InChI=1S/C24H29N3O2/c1-29-22-7-2-5-19(15-22)16-27-13-12-26(18-21(27)10-14-28)17-20-6-3-9-24-23(20)8-4-11-25-24/h2-9,11,15,21,28H,10,12-14,16-18H2,1H3/t21-/m1/s1. The number of aliphatic hydroxyl groups excluding tert-OH is 1. The van der Waals surface area contributed by atoms with Crippen LogP contribution in [0.3, 0.4) is 0 Å². The second kappa shape index (κ2) is 9.35. The molecule has 1 aliphatic heterocycles. The molecule has 4 rings (SSSR count). The van der Waals surface area contributed by atoms with Crippen molar-refractivity contribution < 1.29 is 9.84 Å². The Hall–Kier alpha value is -2.47. The summed E-state index contributed by atoms with van der Waals surface area (Å²) in [6, 6.07) is 19.1. The molecular formula is C24H29N3O2. The zero-order valence-corrected chi connectivity index (χ0v) is 17.0. The van der Waals surface area contributed by atoms with Crippen molar-refractivity contribution in [3.63, 3.8) is 0 Å². The summed E-state index contributed by atoms with van der Waals surface area (Å²) >= 11 is 0. The summed E-state index contributed by atoms with van der Waals surface area (Å²) in [5, 5.41) is 10.9. The molecule has 1 atom stereocenters. The predicted molar refractivity (Wildman–Crippen MR) is 116 cm³/mol. The summed E-state index contributed by atoms with van der Waals surface area (Å²) in [6.07, 6.45) is 2.64. The Labute approximate surface area is 172 Å². The fourth-order valence-electron chi connectivity index (χ4n) is 4.28. The topological polar surface area (TPSA) is 48.8 Å². The fourth-order valence-corrected chi connectivity index (χ4v) is 4.28. The molecule has 2 aromatic carbocycles. The Morgan fingerprint density at radius 2 is 1.97 bits per heavy atom. The third-order valence-electron chi connectivity index (χ3n) is 5.80. The molecule has 29 heavy (non-hydrogen) atoms. The largest absolute Gasteiger partial charge is 0.497 e. The number of hydrogen-bond acceptors (Lipinski definition) is 5. The van der Waals surface area contributed by atoms with Gasteiger partial charge in [-0.05, 0) is 41.8 Å². The van der Waals surface area contributed by atoms with Gasteiger partial charge in [-0.1, -0.05) is 30.3 Å². The third kappa shape index (κ3) is 4.75. The number of nitrogens with zero attached hydrogens (tertiary/aromatic N) is 3. The average molecular weight is 392 g/mol. The zero-order chi connectivity index (χ0) is 20.1. The van der Waals surface area contributed by atoms with Crippen LogP contribution < -0.4 is 4.74 Å². The van der Waals surface area contributed by atoms with E-state index >= 15 is 0 Å². The Balaban J connectivity index is 1.46. The van der Waals surface area contributed by atoms with E-state index in [9.17, 15) is 5.11 Å². The van der Waals surface area contributed by atoms with E-state index in [1.807, 2.05) is 24.4 Å². The molecule has 0 spiro atoms. The molecule has 1 aromatic heterocycles. The second-order valence-electron chi connectivity index (χ2n) is 7.71. The maximum Gasteiger partial charge on any atom is 0.119 e. The molecule has 5 heteroatoms. The second-order valence-corrected chi connectivity index (χ2v) is 7.71. The van der Waals surface area contributed by atoms with Crippen molar-refractivity contribution in [1.29, 1.82) is 0 Å². The minimum absolute atomic E-state index is 0.214. The van der Waals surface area contributed by atoms with E-state index in [1.165, 1.54) is 16.5 Å². The smallest absolute Gasteiger partial charge is 0.119 e. The van der Waals surface area contributed by atoms with Gasteiger partial charge in [0.15, 0.2) is 0 Å². The Bertz CT molecular complexity index is 941. The summed E-state index contributed by atoms with van der Waals surface area (Å²) in [5.41, 5.74) is 3.62. The molecule has 152 valence electrons. The molecule has 2 heterocycles. The highest BCUT2D eigenvalue weighted by atomic mass is 16.5. The highest BCUT2D eigenvalue weighted by Gasteiger charge is 2.27. The first-order chi connectivity index (χ1) is 14.3. The molecule has 0 aliphatic carbocycles. The molecule has 0 unspecified atom stereocenters. The van der Waals surface area contributed by atoms with Crippen molar-refractivity contribution in [2.75, 3.05) is 33.4 Å². The molecular weight excluding hydrogens is 362 g/mol. The van der Waals surface area contributed by atoms with E-state index in [4.69, 9.17) is 4.74 Å². The number of aliphatic hydroxyl groups is 1. The maximum absolute atomic E-state index is 9.63. The number of benzene rings is 2. The van der Waals surface area contributed by atoms with Crippen LogP contribution in [0.5, 0.6) is 5.75 Å². The van der Waals surface area contributed by atoms with Crippen molar-refractivity contribution in [2.24, 2.45) is 0 Å². The summed E-state index contributed by atoms with van der Waals surface area (Å²) in [5.74, 6) is 0.893. The molecule has 3 aromatic rings. The van der Waals surface area contributed by atoms with Crippen molar-refractivity contribution in [3.05, 3.63) is 71.9 Å². The summed E-state index contributed by atoms with van der Waals surface area (Å²) in [4.78, 5) is 9.48. The number of methoxy groups -OCH3 is 1. The molecule has 0 amide bonds. The number of rotatable bonds is 7. The van der Waals surface area contributed by atoms with Gasteiger partial charge in [-0.2, -0.15) is 0 Å². The SMILES string of the molecule is COc1cccc(CN2CCN(Cc3cccc4ncccc34)C[C@H]2CCO)c1. The molecule has 1 N–H and O–H groups in total. The summed E-state index contributed by atoms with van der Waals surface area (Å²) in [7, 11) is 1.70. The maximum atomic E-state index is 9.63. The number of fused-ring (bicyclic) bond motifs is 1. The van der Waals surface area contributed by atoms with Gasteiger partial charge in [0.25, 0.3) is 0 Å². The summed E-state index contributed by atoms with van der Waals surface area (Å²) < 4.78 is 5.37. The van der Waals surface area contributed by atoms with Gasteiger partial charge in [0.05, 0.1) is 12.6 Å². The zero-order valence-electron chi connectivity index (χ0n) is 17.0. The number of ether oxygens (including phenoxy) is 1. The Morgan fingerprint density at radius 3 is 2.83 bits per heavy atom. The predicted octanol–water partition coefficient (Wildman–Crippen LogP) is 3.31. The van der Waals surface area contributed by atoms with Crippen molar-refractivity contribution in [2.45, 2.75) is 25.6 Å². The van der Waals surface area contributed by atoms with E-state index in [-0.39, 0.29) is 6.61 Å². The number of pyridine rings is 1. The molecule has 0 radical (unpaired) electrons. The lowest BCUT2D eigenvalue weighted by Crippen LogP contribution is -2.52. The minimum atomic E-state index is 0.214. The minimum Gasteiger partial charge on any atom is -0.497 e. The first kappa shape index (κ1) is 19.8. The van der Waals surface area contributed by atoms with Crippen LogP contribution in [0.25, 0.3) is 10.9 Å². The van der Waals surface area contributed by atoms with Gasteiger partial charge in [0, 0.05) is 57.0 Å². The molecule has 0 saturated carbocycles. The number of hydrogen-bond donors (Lipinski definition) is 1. The molecule has 0 bridgehead atoms. The fraction of sp³-hybridized carbons (Fsp3) is 0.375. The Kier molecular flexibility index (Phi) is 6.39. The van der Waals surface area contributed by atoms with Crippen LogP contribution in [-0.4, -0.2) is 59.3 Å². The van der Waals surface area contributed by atoms with Crippen molar-refractivity contribution >= 4 is 10.9 Å². The van der Waals surface area contributed by atoms with Gasteiger partial charge in [-0.15, -0.1) is 0 Å². The number of piperazine rings is 1. The summed E-state index contributed by atoms with van der Waals surface area (Å²) in [6.45, 7) is 4.98. The lowest BCUT2D eigenvalue weighted by atomic mass is 10.0. The van der Waals surface area contributed by atoms with E-state index in [1.54, 1.807) is 7.11 Å². The van der Waals surface area contributed by atoms with E-state index in [2.05, 4.69) is 51.2 Å². The lowest BCUT2D eigenvalue weighted by molar-refractivity contribution is 0.0501. The molecule has 1 aliphatic rings. The Morgan fingerprint density at radius 1 is 1.07 bits per heavy atom. The van der Waals surface area contributed by atoms with Gasteiger partial charge in [0.1, 0.15) is 5.75 Å². The van der Waals surface area contributed by atoms with Gasteiger partial charge >= 0.3 is 0 Å². The normalized spacial score (nSPS) is 18.2. The monoisotopic (exact) mass is 391 g/mol. The third-order valence-corrected chi connectivity index (χ3v) is 5.80.